The second kappa shape index (κ2) is 5.99. The summed E-state index contributed by atoms with van der Waals surface area (Å²) < 4.78 is 5.17. The summed E-state index contributed by atoms with van der Waals surface area (Å²) in [7, 11) is 1.55. The molecule has 0 aliphatic carbocycles. The summed E-state index contributed by atoms with van der Waals surface area (Å²) in [5, 5.41) is 3.14. The number of hydrogen-bond acceptors (Lipinski definition) is 3. The molecule has 2 rings (SSSR count). The topological polar surface area (TPSA) is 38.3 Å². The lowest BCUT2D eigenvalue weighted by molar-refractivity contribution is 0.102. The van der Waals surface area contributed by atoms with Crippen molar-refractivity contribution in [3.05, 3.63) is 53.1 Å². The molecule has 0 aromatic heterocycles. The largest absolute Gasteiger partial charge is 0.495 e. The van der Waals surface area contributed by atoms with E-state index in [0.717, 1.165) is 0 Å². The third kappa shape index (κ3) is 3.22. The van der Waals surface area contributed by atoms with Gasteiger partial charge in [0.25, 0.3) is 5.91 Å². The average Bonchev–Trinajstić information content (AvgIpc) is 2.42. The van der Waals surface area contributed by atoms with E-state index in [1.54, 1.807) is 37.4 Å². The Morgan fingerprint density at radius 2 is 2.00 bits per heavy atom. The molecule has 0 unspecified atom stereocenters. The summed E-state index contributed by atoms with van der Waals surface area (Å²) in [6.45, 7) is 0. The van der Waals surface area contributed by atoms with Crippen LogP contribution < -0.4 is 10.1 Å². The van der Waals surface area contributed by atoms with Crippen LogP contribution in [0.1, 0.15) is 10.4 Å². The first-order valence-electron chi connectivity index (χ1n) is 5.54. The van der Waals surface area contributed by atoms with Crippen molar-refractivity contribution in [2.75, 3.05) is 12.4 Å². The summed E-state index contributed by atoms with van der Waals surface area (Å²) in [5.41, 5.74) is 0.968. The van der Waals surface area contributed by atoms with Gasteiger partial charge in [0.15, 0.2) is 0 Å². The Kier molecular flexibility index (Phi) is 4.35. The van der Waals surface area contributed by atoms with Gasteiger partial charge in [0.2, 0.25) is 0 Å². The van der Waals surface area contributed by atoms with E-state index < -0.39 is 0 Å². The Balaban J connectivity index is 2.28. The van der Waals surface area contributed by atoms with Crippen LogP contribution >= 0.6 is 24.2 Å². The molecule has 1 N–H and O–H groups in total. The van der Waals surface area contributed by atoms with Gasteiger partial charge in [-0.3, -0.25) is 4.79 Å². The number of methoxy groups -OCH3 is 1. The van der Waals surface area contributed by atoms with Crippen molar-refractivity contribution in [1.29, 1.82) is 0 Å². The van der Waals surface area contributed by atoms with Crippen molar-refractivity contribution in [3.63, 3.8) is 0 Å². The van der Waals surface area contributed by atoms with E-state index in [-0.39, 0.29) is 5.91 Å². The van der Waals surface area contributed by atoms with Gasteiger partial charge in [-0.2, -0.15) is 0 Å². The molecule has 0 aliphatic heterocycles. The van der Waals surface area contributed by atoms with E-state index in [1.807, 2.05) is 12.1 Å². The van der Waals surface area contributed by atoms with Crippen LogP contribution in [0.5, 0.6) is 5.75 Å². The van der Waals surface area contributed by atoms with Crippen molar-refractivity contribution in [2.24, 2.45) is 0 Å². The van der Waals surface area contributed by atoms with Crippen molar-refractivity contribution in [3.8, 4) is 5.75 Å². The maximum atomic E-state index is 12.2. The fourth-order valence-corrected chi connectivity index (χ4v) is 2.03. The maximum Gasteiger partial charge on any atom is 0.257 e. The molecule has 0 aliphatic rings. The van der Waals surface area contributed by atoms with Crippen LogP contribution in [0.4, 0.5) is 5.69 Å². The van der Waals surface area contributed by atoms with Gasteiger partial charge in [0, 0.05) is 4.90 Å². The predicted molar refractivity (Wildman–Crippen MR) is 79.7 cm³/mol. The molecule has 0 heterocycles. The number of hydrogen-bond donors (Lipinski definition) is 2. The van der Waals surface area contributed by atoms with Gasteiger partial charge in [0.1, 0.15) is 5.75 Å². The molecular weight excluding hydrogens is 282 g/mol. The van der Waals surface area contributed by atoms with Gasteiger partial charge in [-0.25, -0.2) is 0 Å². The molecule has 0 spiro atoms. The van der Waals surface area contributed by atoms with E-state index in [9.17, 15) is 4.79 Å². The highest BCUT2D eigenvalue weighted by Crippen LogP contribution is 2.25. The van der Waals surface area contributed by atoms with Crippen LogP contribution in [0.2, 0.25) is 5.02 Å². The number of nitrogens with one attached hydrogen (secondary N) is 1. The molecule has 5 heteroatoms. The number of ether oxygens (including phenoxy) is 1. The number of halogens is 1. The van der Waals surface area contributed by atoms with E-state index in [4.69, 9.17) is 16.3 Å². The third-order valence-electron chi connectivity index (χ3n) is 2.55. The van der Waals surface area contributed by atoms with Gasteiger partial charge < -0.3 is 10.1 Å². The van der Waals surface area contributed by atoms with Crippen LogP contribution in [0.15, 0.2) is 47.4 Å². The summed E-state index contributed by atoms with van der Waals surface area (Å²) >= 11 is 10.2. The molecule has 19 heavy (non-hydrogen) atoms. The summed E-state index contributed by atoms with van der Waals surface area (Å²) in [5.74, 6) is 0.291. The molecule has 98 valence electrons. The molecule has 2 aromatic rings. The standard InChI is InChI=1S/C14H12ClNO2S/c1-18-13-5-3-2-4-12(13)16-14(17)10-8-9(19)6-7-11(10)15/h2-8,19H,1H3,(H,16,17). The molecular formula is C14H12ClNO2S. The Labute approximate surface area is 122 Å². The maximum absolute atomic E-state index is 12.2. The molecule has 2 aromatic carbocycles. The van der Waals surface area contributed by atoms with Crippen LogP contribution in [-0.4, -0.2) is 13.0 Å². The zero-order chi connectivity index (χ0) is 13.8. The Hall–Kier alpha value is -1.65. The minimum atomic E-state index is -0.301. The normalized spacial score (nSPS) is 10.1. The molecule has 0 fully saturated rings. The van der Waals surface area contributed by atoms with Crippen molar-refractivity contribution in [1.82, 2.24) is 0 Å². The van der Waals surface area contributed by atoms with Crippen LogP contribution in [-0.2, 0) is 0 Å². The fraction of sp³-hybridized carbons (Fsp3) is 0.0714. The van der Waals surface area contributed by atoms with Crippen LogP contribution in [0.3, 0.4) is 0 Å². The first kappa shape index (κ1) is 13.8. The first-order valence-corrected chi connectivity index (χ1v) is 6.37. The highest BCUT2D eigenvalue weighted by molar-refractivity contribution is 7.80. The van der Waals surface area contributed by atoms with Gasteiger partial charge >= 0.3 is 0 Å². The Bertz CT molecular complexity index is 616. The van der Waals surface area contributed by atoms with Crippen LogP contribution in [0, 0.1) is 0 Å². The van der Waals surface area contributed by atoms with E-state index in [0.29, 0.717) is 26.9 Å². The molecule has 0 saturated carbocycles. The van der Waals surface area contributed by atoms with Gasteiger partial charge in [-0.1, -0.05) is 23.7 Å². The highest BCUT2D eigenvalue weighted by atomic mass is 35.5. The number of benzene rings is 2. The van der Waals surface area contributed by atoms with Crippen molar-refractivity contribution < 1.29 is 9.53 Å². The Morgan fingerprint density at radius 3 is 2.74 bits per heavy atom. The minimum Gasteiger partial charge on any atom is -0.495 e. The van der Waals surface area contributed by atoms with E-state index >= 15 is 0 Å². The molecule has 0 bridgehead atoms. The molecule has 0 atom stereocenters. The Morgan fingerprint density at radius 1 is 1.26 bits per heavy atom. The molecule has 0 saturated heterocycles. The highest BCUT2D eigenvalue weighted by Gasteiger charge is 2.12. The smallest absolute Gasteiger partial charge is 0.257 e. The quantitative estimate of drug-likeness (QED) is 0.843. The lowest BCUT2D eigenvalue weighted by Crippen LogP contribution is -2.13. The summed E-state index contributed by atoms with van der Waals surface area (Å²) in [6.07, 6.45) is 0. The monoisotopic (exact) mass is 293 g/mol. The lowest BCUT2D eigenvalue weighted by atomic mass is 10.2. The van der Waals surface area contributed by atoms with Gasteiger partial charge in [-0.15, -0.1) is 12.6 Å². The second-order valence-corrected chi connectivity index (χ2v) is 4.74. The number of carbonyl (C=O) groups is 1. The summed E-state index contributed by atoms with van der Waals surface area (Å²) in [4.78, 5) is 12.8. The van der Waals surface area contributed by atoms with Crippen LogP contribution in [0.25, 0.3) is 0 Å². The fourth-order valence-electron chi connectivity index (χ4n) is 1.62. The predicted octanol–water partition coefficient (Wildman–Crippen LogP) is 3.89. The number of amides is 1. The third-order valence-corrected chi connectivity index (χ3v) is 3.16. The molecule has 3 nitrogen and oxygen atoms in total. The lowest BCUT2D eigenvalue weighted by Gasteiger charge is -2.10. The van der Waals surface area contributed by atoms with E-state index in [2.05, 4.69) is 17.9 Å². The second-order valence-electron chi connectivity index (χ2n) is 3.82. The zero-order valence-electron chi connectivity index (χ0n) is 10.2. The van der Waals surface area contributed by atoms with E-state index in [1.165, 1.54) is 0 Å². The van der Waals surface area contributed by atoms with Crippen molar-refractivity contribution in [2.45, 2.75) is 4.90 Å². The number of rotatable bonds is 3. The number of thiol groups is 1. The van der Waals surface area contributed by atoms with Gasteiger partial charge in [-0.05, 0) is 30.3 Å². The minimum absolute atomic E-state index is 0.301. The average molecular weight is 294 g/mol. The number of anilines is 1. The zero-order valence-corrected chi connectivity index (χ0v) is 11.8. The first-order chi connectivity index (χ1) is 9.11. The van der Waals surface area contributed by atoms with Gasteiger partial charge in [0.05, 0.1) is 23.4 Å². The summed E-state index contributed by atoms with van der Waals surface area (Å²) in [6, 6.07) is 12.2. The molecule has 0 radical (unpaired) electrons. The van der Waals surface area contributed by atoms with Crippen molar-refractivity contribution >= 4 is 35.8 Å². The SMILES string of the molecule is COc1ccccc1NC(=O)c1cc(S)ccc1Cl. The molecule has 1 amide bonds. The number of carbonyl (C=O) groups excluding carboxylic acids is 1. The number of para-hydroxylation sites is 2.